The van der Waals surface area contributed by atoms with Crippen LogP contribution in [0.4, 0.5) is 0 Å². The van der Waals surface area contributed by atoms with Crippen molar-refractivity contribution < 1.29 is 134 Å². The third-order valence-electron chi connectivity index (χ3n) is 23.0. The summed E-state index contributed by atoms with van der Waals surface area (Å²) >= 11 is 0. The molecule has 5 aliphatic heterocycles. The second-order valence-corrected chi connectivity index (χ2v) is 27.9. The number of carbonyl (C=O) groups is 2. The molecule has 0 aromatic heterocycles. The number of carboxylic acids is 1. The zero-order valence-electron chi connectivity index (χ0n) is 49.2. The monoisotopic (exact) mass is 1220 g/mol. The smallest absolute Gasteiger partial charge is 0.315 e. The van der Waals surface area contributed by atoms with E-state index in [2.05, 4.69) is 40.7 Å². The number of esters is 1. The molecule has 0 aromatic carbocycles. The van der Waals surface area contributed by atoms with Gasteiger partial charge in [0.1, 0.15) is 104 Å². The number of aliphatic carboxylic acids is 1. The second-order valence-electron chi connectivity index (χ2n) is 27.9. The van der Waals surface area contributed by atoms with Crippen molar-refractivity contribution in [3.05, 3.63) is 11.6 Å². The first-order valence-electron chi connectivity index (χ1n) is 30.2. The molecule has 0 radical (unpaired) electrons. The van der Waals surface area contributed by atoms with Gasteiger partial charge in [-0.25, -0.2) is 0 Å². The number of aliphatic hydroxyl groups is 14. The van der Waals surface area contributed by atoms with Gasteiger partial charge in [-0.05, 0) is 117 Å². The first-order chi connectivity index (χ1) is 39.8. The van der Waals surface area contributed by atoms with Gasteiger partial charge in [-0.1, -0.05) is 46.3 Å². The summed E-state index contributed by atoms with van der Waals surface area (Å²) < 4.78 is 59.0. The average Bonchev–Trinajstić information content (AvgIpc) is 0.715. The highest BCUT2D eigenvalue weighted by Gasteiger charge is 2.71. The first kappa shape index (κ1) is 65.7. The van der Waals surface area contributed by atoms with Crippen LogP contribution < -0.4 is 0 Å². The summed E-state index contributed by atoms with van der Waals surface area (Å²) in [6.45, 7) is 12.2. The van der Waals surface area contributed by atoms with Gasteiger partial charge in [0, 0.05) is 0 Å². The van der Waals surface area contributed by atoms with Crippen LogP contribution in [-0.2, 0) is 57.0 Å². The molecule has 32 atom stereocenters. The lowest BCUT2D eigenvalue weighted by molar-refractivity contribution is -0.361. The fourth-order valence-electron chi connectivity index (χ4n) is 17.3. The van der Waals surface area contributed by atoms with Crippen LogP contribution in [0.5, 0.6) is 0 Å². The standard InChI is InChI=1S/C58H92O27/c1-23-33(62)37(66)41(70)48(79-23)83-44-28(19-59)80-46(43(72)39(44)68)78-22-29-36(65)38(67)42(71)49(81-29)85-52(75)58-16-14-54(4,51(73)74)18-25(58)24-8-9-31-55(5)12-11-32(53(2,3)30(55)10-13-57(31,7)56(24,6)15-17-58)82-50-45(35(64)27(61)21-77-50)84-47-40(69)34(63)26(60)20-76-47/h8,23,25-50,59-72H,9-22H2,1-7H3,(H,73,74). The highest BCUT2D eigenvalue weighted by atomic mass is 16.8. The summed E-state index contributed by atoms with van der Waals surface area (Å²) in [7, 11) is 0. The molecule has 10 aliphatic rings. The normalized spacial score (nSPS) is 54.3. The van der Waals surface area contributed by atoms with Crippen molar-refractivity contribution in [2.75, 3.05) is 26.4 Å². The molecule has 0 spiro atoms. The molecule has 15 N–H and O–H groups in total. The van der Waals surface area contributed by atoms with E-state index in [-0.39, 0.29) is 61.6 Å². The Morgan fingerprint density at radius 3 is 1.86 bits per heavy atom. The lowest BCUT2D eigenvalue weighted by Gasteiger charge is -2.71. The number of carbonyl (C=O) groups excluding carboxylic acids is 1. The maximum atomic E-state index is 15.2. The summed E-state index contributed by atoms with van der Waals surface area (Å²) in [5.74, 6) is -2.24. The first-order valence-corrected chi connectivity index (χ1v) is 30.2. The molecule has 4 saturated carbocycles. The largest absolute Gasteiger partial charge is 0.481 e. The van der Waals surface area contributed by atoms with Crippen molar-refractivity contribution in [1.29, 1.82) is 0 Å². The Labute approximate surface area is 492 Å². The zero-order valence-corrected chi connectivity index (χ0v) is 49.2. The lowest BCUT2D eigenvalue weighted by atomic mass is 9.33. The van der Waals surface area contributed by atoms with Crippen LogP contribution in [0.25, 0.3) is 0 Å². The highest BCUT2D eigenvalue weighted by Crippen LogP contribution is 2.76. The molecule has 5 aliphatic carbocycles. The van der Waals surface area contributed by atoms with Crippen LogP contribution in [-0.4, -0.2) is 262 Å². The van der Waals surface area contributed by atoms with Crippen LogP contribution in [0.1, 0.15) is 113 Å². The number of rotatable bonds is 13. The summed E-state index contributed by atoms with van der Waals surface area (Å²) in [4.78, 5) is 28.4. The molecule has 0 amide bonds. The number of hydrogen-bond donors (Lipinski definition) is 15. The van der Waals surface area contributed by atoms with Gasteiger partial charge in [0.05, 0.1) is 49.5 Å². The Morgan fingerprint density at radius 1 is 0.576 bits per heavy atom. The van der Waals surface area contributed by atoms with Crippen molar-refractivity contribution in [3.8, 4) is 0 Å². The summed E-state index contributed by atoms with van der Waals surface area (Å²) in [5, 5.41) is 161. The number of allylic oxidation sites excluding steroid dienone is 2. The van der Waals surface area contributed by atoms with E-state index in [1.54, 1.807) is 6.92 Å². The van der Waals surface area contributed by atoms with Crippen LogP contribution in [0.2, 0.25) is 0 Å². The Balaban J connectivity index is 0.841. The molecule has 85 heavy (non-hydrogen) atoms. The molecule has 0 bridgehead atoms. The maximum Gasteiger partial charge on any atom is 0.315 e. The second kappa shape index (κ2) is 24.1. The molecule has 5 heterocycles. The van der Waals surface area contributed by atoms with Gasteiger partial charge in [-0.3, -0.25) is 9.59 Å². The predicted molar refractivity (Wildman–Crippen MR) is 284 cm³/mol. The van der Waals surface area contributed by atoms with E-state index in [0.717, 1.165) is 24.8 Å². The average molecular weight is 1220 g/mol. The minimum atomic E-state index is -1.98. The number of carboxylic acid groups (broad SMARTS) is 1. The van der Waals surface area contributed by atoms with Gasteiger partial charge in [-0.15, -0.1) is 0 Å². The summed E-state index contributed by atoms with van der Waals surface area (Å²) in [5.41, 5.74) is -3.25. The molecule has 9 fully saturated rings. The Bertz CT molecular complexity index is 2420. The van der Waals surface area contributed by atoms with Gasteiger partial charge in [0.15, 0.2) is 25.2 Å². The van der Waals surface area contributed by atoms with E-state index < -0.39 is 200 Å². The minimum Gasteiger partial charge on any atom is -0.481 e. The van der Waals surface area contributed by atoms with Crippen LogP contribution >= 0.6 is 0 Å². The van der Waals surface area contributed by atoms with Gasteiger partial charge in [0.25, 0.3) is 0 Å². The molecule has 27 nitrogen and oxygen atoms in total. The number of hydrogen-bond acceptors (Lipinski definition) is 26. The van der Waals surface area contributed by atoms with Crippen molar-refractivity contribution in [2.45, 2.75) is 260 Å². The summed E-state index contributed by atoms with van der Waals surface area (Å²) in [6.07, 6.45) is -30.5. The van der Waals surface area contributed by atoms with E-state index in [4.69, 9.17) is 47.4 Å². The molecule has 486 valence electrons. The van der Waals surface area contributed by atoms with Crippen molar-refractivity contribution in [3.63, 3.8) is 0 Å². The van der Waals surface area contributed by atoms with Gasteiger partial charge in [0.2, 0.25) is 6.29 Å². The number of fused-ring (bicyclic) bond motifs is 7. The quantitative estimate of drug-likeness (QED) is 0.0502. The number of ether oxygens (including phenoxy) is 10. The maximum absolute atomic E-state index is 15.2. The van der Waals surface area contributed by atoms with E-state index >= 15 is 4.79 Å². The Morgan fingerprint density at radius 2 is 1.18 bits per heavy atom. The number of aliphatic hydroxyl groups excluding tert-OH is 14. The van der Waals surface area contributed by atoms with Gasteiger partial charge in [-0.2, -0.15) is 0 Å². The SMILES string of the molecule is CC1OC(OC2C(CO)OC(OCC3OC(OC(=O)C45CCC(C)(C(=O)O)CC4C4=CCC6C7(C)CCC(OC8OCC(O)C(O)C8OC8OCC(O)C(O)C8O)C(C)(C)C7CCC6(C)C4(C)CC5)C(O)C(O)C3O)C(O)C2O)C(O)C(O)C1O. The Kier molecular flexibility index (Phi) is 18.6. The Hall–Kier alpha value is -2.24. The van der Waals surface area contributed by atoms with E-state index in [0.29, 0.717) is 19.3 Å². The van der Waals surface area contributed by atoms with Gasteiger partial charge < -0.3 is 124 Å². The van der Waals surface area contributed by atoms with Crippen LogP contribution in [0.15, 0.2) is 11.6 Å². The molecular weight excluding hydrogens is 1130 g/mol. The molecule has 5 saturated heterocycles. The molecule has 0 aromatic rings. The molecular formula is C58H92O27. The van der Waals surface area contributed by atoms with Crippen LogP contribution in [0.3, 0.4) is 0 Å². The van der Waals surface area contributed by atoms with E-state index in [1.165, 1.54) is 6.92 Å². The zero-order chi connectivity index (χ0) is 62.0. The molecule has 32 unspecified atom stereocenters. The van der Waals surface area contributed by atoms with Gasteiger partial charge >= 0.3 is 11.9 Å². The topological polar surface area (TPSA) is 430 Å². The minimum absolute atomic E-state index is 0.0909. The van der Waals surface area contributed by atoms with E-state index in [9.17, 15) is 81.4 Å². The van der Waals surface area contributed by atoms with Crippen LogP contribution in [0, 0.1) is 50.2 Å². The lowest BCUT2D eigenvalue weighted by Crippen LogP contribution is -2.66. The van der Waals surface area contributed by atoms with Crippen molar-refractivity contribution in [2.24, 2.45) is 50.2 Å². The van der Waals surface area contributed by atoms with Crippen molar-refractivity contribution >= 4 is 11.9 Å². The van der Waals surface area contributed by atoms with E-state index in [1.807, 2.05) is 0 Å². The van der Waals surface area contributed by atoms with Crippen molar-refractivity contribution in [1.82, 2.24) is 0 Å². The fraction of sp³-hybridized carbons (Fsp3) is 0.931. The predicted octanol–water partition coefficient (Wildman–Crippen LogP) is -2.84. The third kappa shape index (κ3) is 11.0. The molecule has 27 heteroatoms. The summed E-state index contributed by atoms with van der Waals surface area (Å²) in [6, 6.07) is 0. The fourth-order valence-corrected chi connectivity index (χ4v) is 17.3. The third-order valence-corrected chi connectivity index (χ3v) is 23.0. The molecule has 10 rings (SSSR count). The highest BCUT2D eigenvalue weighted by molar-refractivity contribution is 5.81.